The number of likely N-dealkylation sites (N-methyl/N-ethyl adjacent to an activating group) is 1. The van der Waals surface area contributed by atoms with E-state index in [1.54, 1.807) is 19.9 Å². The number of carbonyl (C=O) groups is 2. The Hall–Kier alpha value is -2.15. The van der Waals surface area contributed by atoms with E-state index in [4.69, 9.17) is 4.74 Å². The minimum atomic E-state index is -0.999. The lowest BCUT2D eigenvalue weighted by molar-refractivity contribution is -0.142. The van der Waals surface area contributed by atoms with Crippen molar-refractivity contribution in [2.75, 3.05) is 19.8 Å². The van der Waals surface area contributed by atoms with Crippen LogP contribution in [0, 0.1) is 12.8 Å². The number of aryl methyl sites for hydroxylation is 1. The normalized spacial score (nSPS) is 21.2. The Kier molecular flexibility index (Phi) is 4.42. The first-order valence-corrected chi connectivity index (χ1v) is 6.77. The molecule has 0 saturated carbocycles. The van der Waals surface area contributed by atoms with Crippen LogP contribution >= 0.6 is 0 Å². The molecule has 1 aliphatic heterocycles. The van der Waals surface area contributed by atoms with Gasteiger partial charge in [-0.3, -0.25) is 14.4 Å². The third-order valence-corrected chi connectivity index (χ3v) is 3.66. The van der Waals surface area contributed by atoms with Gasteiger partial charge in [-0.05, 0) is 26.0 Å². The number of hydrogen-bond donors (Lipinski definition) is 2. The molecule has 0 spiro atoms. The van der Waals surface area contributed by atoms with Gasteiger partial charge in [0.1, 0.15) is 11.5 Å². The number of H-pyrrole nitrogens is 1. The fourth-order valence-corrected chi connectivity index (χ4v) is 2.51. The van der Waals surface area contributed by atoms with Gasteiger partial charge in [0, 0.05) is 12.2 Å². The van der Waals surface area contributed by atoms with Gasteiger partial charge in [-0.2, -0.15) is 0 Å². The number of carboxylic acid groups (broad SMARTS) is 1. The molecule has 0 bridgehead atoms. The number of pyridine rings is 1. The molecule has 7 heteroatoms. The van der Waals surface area contributed by atoms with Crippen LogP contribution < -0.4 is 5.56 Å². The van der Waals surface area contributed by atoms with Gasteiger partial charge in [0.2, 0.25) is 0 Å². The molecule has 1 amide bonds. The number of carbonyl (C=O) groups excluding carboxylic acids is 1. The van der Waals surface area contributed by atoms with Gasteiger partial charge < -0.3 is 19.7 Å². The van der Waals surface area contributed by atoms with Crippen LogP contribution in [0.15, 0.2) is 16.9 Å². The number of carboxylic acids is 1. The van der Waals surface area contributed by atoms with Crippen molar-refractivity contribution in [3.05, 3.63) is 33.7 Å². The Balaban J connectivity index is 2.30. The molecule has 2 heterocycles. The molecular weight excluding hydrogens is 276 g/mol. The van der Waals surface area contributed by atoms with Gasteiger partial charge in [-0.25, -0.2) is 0 Å². The van der Waals surface area contributed by atoms with Crippen molar-refractivity contribution >= 4 is 11.9 Å². The van der Waals surface area contributed by atoms with E-state index in [1.807, 2.05) is 0 Å². The van der Waals surface area contributed by atoms with Crippen molar-refractivity contribution in [3.63, 3.8) is 0 Å². The molecule has 2 atom stereocenters. The third kappa shape index (κ3) is 2.97. The first kappa shape index (κ1) is 15.2. The molecule has 0 aromatic carbocycles. The molecule has 21 heavy (non-hydrogen) atoms. The summed E-state index contributed by atoms with van der Waals surface area (Å²) in [6, 6.07) is 2.55. The van der Waals surface area contributed by atoms with E-state index < -0.39 is 29.4 Å². The highest BCUT2D eigenvalue weighted by Gasteiger charge is 2.40. The number of rotatable bonds is 4. The summed E-state index contributed by atoms with van der Waals surface area (Å²) in [6.45, 7) is 4.02. The fraction of sp³-hybridized carbons (Fsp3) is 0.500. The van der Waals surface area contributed by atoms with Gasteiger partial charge in [0.15, 0.2) is 0 Å². The zero-order valence-corrected chi connectivity index (χ0v) is 12.0. The summed E-state index contributed by atoms with van der Waals surface area (Å²) < 4.78 is 5.19. The van der Waals surface area contributed by atoms with Crippen molar-refractivity contribution in [2.24, 2.45) is 5.92 Å². The highest BCUT2D eigenvalue weighted by Crippen LogP contribution is 2.21. The number of hydrogen-bond acceptors (Lipinski definition) is 4. The van der Waals surface area contributed by atoms with Crippen molar-refractivity contribution in [1.29, 1.82) is 0 Å². The minimum absolute atomic E-state index is 0.0125. The predicted molar refractivity (Wildman–Crippen MR) is 74.2 cm³/mol. The van der Waals surface area contributed by atoms with Crippen LogP contribution in [0.1, 0.15) is 23.0 Å². The number of aliphatic carboxylic acids is 1. The van der Waals surface area contributed by atoms with Gasteiger partial charge in [-0.1, -0.05) is 0 Å². The quantitative estimate of drug-likeness (QED) is 0.829. The van der Waals surface area contributed by atoms with Crippen LogP contribution in [0.4, 0.5) is 0 Å². The van der Waals surface area contributed by atoms with Crippen LogP contribution in [-0.2, 0) is 9.53 Å². The predicted octanol–water partition coefficient (Wildman–Crippen LogP) is 0.245. The van der Waals surface area contributed by atoms with E-state index in [-0.39, 0.29) is 18.8 Å². The number of amides is 1. The fourth-order valence-electron chi connectivity index (χ4n) is 2.51. The van der Waals surface area contributed by atoms with Crippen molar-refractivity contribution in [3.8, 4) is 0 Å². The SMILES string of the molecule is CCN(C(=O)c1ccc(C)[nH]c1=O)C1COCC1C(=O)O. The van der Waals surface area contributed by atoms with Crippen LogP contribution in [-0.4, -0.2) is 52.7 Å². The summed E-state index contributed by atoms with van der Waals surface area (Å²) in [7, 11) is 0. The zero-order chi connectivity index (χ0) is 15.6. The van der Waals surface area contributed by atoms with E-state index in [1.165, 1.54) is 11.0 Å². The smallest absolute Gasteiger partial charge is 0.311 e. The Morgan fingerprint density at radius 2 is 2.14 bits per heavy atom. The molecule has 7 nitrogen and oxygen atoms in total. The highest BCUT2D eigenvalue weighted by atomic mass is 16.5. The first-order chi connectivity index (χ1) is 9.95. The average molecular weight is 294 g/mol. The van der Waals surface area contributed by atoms with Crippen molar-refractivity contribution in [2.45, 2.75) is 19.9 Å². The van der Waals surface area contributed by atoms with Gasteiger partial charge >= 0.3 is 5.97 Å². The largest absolute Gasteiger partial charge is 0.481 e. The summed E-state index contributed by atoms with van der Waals surface area (Å²) >= 11 is 0. The number of aromatic nitrogens is 1. The molecule has 1 aromatic heterocycles. The Bertz CT molecular complexity index is 610. The Morgan fingerprint density at radius 3 is 2.71 bits per heavy atom. The second-order valence-electron chi connectivity index (χ2n) is 5.02. The molecule has 1 aromatic rings. The molecule has 2 N–H and O–H groups in total. The second-order valence-corrected chi connectivity index (χ2v) is 5.02. The van der Waals surface area contributed by atoms with Crippen LogP contribution in [0.25, 0.3) is 0 Å². The van der Waals surface area contributed by atoms with Crippen molar-refractivity contribution in [1.82, 2.24) is 9.88 Å². The molecule has 1 aliphatic rings. The first-order valence-electron chi connectivity index (χ1n) is 6.77. The Morgan fingerprint density at radius 1 is 1.43 bits per heavy atom. The number of nitrogens with zero attached hydrogens (tertiary/aromatic N) is 1. The standard InChI is InChI=1S/C14H18N2O5/c1-3-16(11-7-21-6-10(11)14(19)20)13(18)9-5-4-8(2)15-12(9)17/h4-5,10-11H,3,6-7H2,1-2H3,(H,15,17)(H,19,20). The molecular formula is C14H18N2O5. The lowest BCUT2D eigenvalue weighted by atomic mass is 10.0. The number of aromatic amines is 1. The van der Waals surface area contributed by atoms with Gasteiger partial charge in [0.25, 0.3) is 11.5 Å². The van der Waals surface area contributed by atoms with E-state index in [0.29, 0.717) is 12.2 Å². The summed E-state index contributed by atoms with van der Waals surface area (Å²) in [5, 5.41) is 9.19. The van der Waals surface area contributed by atoms with E-state index in [2.05, 4.69) is 4.98 Å². The van der Waals surface area contributed by atoms with Gasteiger partial charge in [0.05, 0.1) is 19.3 Å². The summed E-state index contributed by atoms with van der Waals surface area (Å²) in [5.41, 5.74) is 0.204. The molecule has 1 saturated heterocycles. The lowest BCUT2D eigenvalue weighted by Gasteiger charge is -2.29. The summed E-state index contributed by atoms with van der Waals surface area (Å²) in [5.74, 6) is -2.24. The summed E-state index contributed by atoms with van der Waals surface area (Å²) in [4.78, 5) is 39.6. The van der Waals surface area contributed by atoms with Crippen molar-refractivity contribution < 1.29 is 19.4 Å². The molecule has 0 aliphatic carbocycles. The maximum Gasteiger partial charge on any atom is 0.311 e. The monoisotopic (exact) mass is 294 g/mol. The Labute approximate surface area is 121 Å². The van der Waals surface area contributed by atoms with Crippen LogP contribution in [0.3, 0.4) is 0 Å². The van der Waals surface area contributed by atoms with Crippen LogP contribution in [0.5, 0.6) is 0 Å². The topological polar surface area (TPSA) is 99.7 Å². The minimum Gasteiger partial charge on any atom is -0.481 e. The molecule has 114 valence electrons. The van der Waals surface area contributed by atoms with E-state index in [0.717, 1.165) is 0 Å². The third-order valence-electron chi connectivity index (χ3n) is 3.66. The molecule has 0 radical (unpaired) electrons. The second kappa shape index (κ2) is 6.09. The highest BCUT2D eigenvalue weighted by molar-refractivity contribution is 5.94. The number of ether oxygens (including phenoxy) is 1. The zero-order valence-electron chi connectivity index (χ0n) is 12.0. The maximum absolute atomic E-state index is 12.5. The molecule has 1 fully saturated rings. The van der Waals surface area contributed by atoms with E-state index >= 15 is 0 Å². The molecule has 2 unspecified atom stereocenters. The number of nitrogens with one attached hydrogen (secondary N) is 1. The van der Waals surface area contributed by atoms with Crippen LogP contribution in [0.2, 0.25) is 0 Å². The summed E-state index contributed by atoms with van der Waals surface area (Å²) in [6.07, 6.45) is 0. The maximum atomic E-state index is 12.5. The van der Waals surface area contributed by atoms with E-state index in [9.17, 15) is 19.5 Å². The molecule has 2 rings (SSSR count). The lowest BCUT2D eigenvalue weighted by Crippen LogP contribution is -2.47. The average Bonchev–Trinajstić information content (AvgIpc) is 2.88. The van der Waals surface area contributed by atoms with Gasteiger partial charge in [-0.15, -0.1) is 0 Å².